The third-order valence-electron chi connectivity index (χ3n) is 3.58. The van der Waals surface area contributed by atoms with Crippen LogP contribution in [0.5, 0.6) is 0 Å². The van der Waals surface area contributed by atoms with E-state index in [2.05, 4.69) is 27.4 Å². The number of non-ortho nitro benzene ring substituents is 1. The lowest BCUT2D eigenvalue weighted by Crippen LogP contribution is -2.36. The summed E-state index contributed by atoms with van der Waals surface area (Å²) in [6.45, 7) is 5.30. The average molecular weight is 300 g/mol. The molecule has 2 heterocycles. The van der Waals surface area contributed by atoms with Gasteiger partial charge in [-0.2, -0.15) is 0 Å². The first-order valence-corrected chi connectivity index (χ1v) is 6.47. The molecule has 2 unspecified atom stereocenters. The minimum absolute atomic E-state index is 0.0569. The summed E-state index contributed by atoms with van der Waals surface area (Å²) in [5.41, 5.74) is 0.982. The maximum absolute atomic E-state index is 12.0. The van der Waals surface area contributed by atoms with Gasteiger partial charge in [-0.3, -0.25) is 14.9 Å². The van der Waals surface area contributed by atoms with Crippen LogP contribution in [0.3, 0.4) is 0 Å². The second-order valence-electron chi connectivity index (χ2n) is 4.98. The highest BCUT2D eigenvalue weighted by molar-refractivity contribution is 5.83. The summed E-state index contributed by atoms with van der Waals surface area (Å²) in [5.74, 6) is -0.396. The summed E-state index contributed by atoms with van der Waals surface area (Å²) < 4.78 is 1.44. The number of nitro benzene ring substituents is 1. The standard InChI is InChI=1S/C13H12N6O3/c1-7-11(8(2)20)12(18-13(14-7)15-16-17-18)9-4-3-5-10(6-9)19(21)22/h3-6,11-12H,1H2,2H3,(H,14,15,17). The highest BCUT2D eigenvalue weighted by atomic mass is 16.6. The summed E-state index contributed by atoms with van der Waals surface area (Å²) in [5, 5.41) is 25.1. The van der Waals surface area contributed by atoms with Crippen molar-refractivity contribution in [3.8, 4) is 0 Å². The number of nitro groups is 1. The van der Waals surface area contributed by atoms with Crippen LogP contribution in [0.4, 0.5) is 11.6 Å². The van der Waals surface area contributed by atoms with Crippen LogP contribution >= 0.6 is 0 Å². The van der Waals surface area contributed by atoms with Crippen LogP contribution in [0, 0.1) is 16.0 Å². The SMILES string of the molecule is C=C1Nc2nnnn2C(c2cccc([N+](=O)[O-])c2)C1C(C)=O. The maximum Gasteiger partial charge on any atom is 0.269 e. The Kier molecular flexibility index (Phi) is 3.17. The fourth-order valence-electron chi connectivity index (χ4n) is 2.64. The predicted molar refractivity (Wildman–Crippen MR) is 76.0 cm³/mol. The van der Waals surface area contributed by atoms with E-state index in [1.807, 2.05) is 0 Å². The number of fused-ring (bicyclic) bond motifs is 1. The number of carbonyl (C=O) groups is 1. The Morgan fingerprint density at radius 3 is 2.95 bits per heavy atom. The monoisotopic (exact) mass is 300 g/mol. The molecule has 0 radical (unpaired) electrons. The number of carbonyl (C=O) groups excluding carboxylic acids is 1. The normalized spacial score (nSPS) is 20.1. The molecule has 9 nitrogen and oxygen atoms in total. The number of Topliss-reactive ketones (excluding diaryl/α,β-unsaturated/α-hetero) is 1. The summed E-state index contributed by atoms with van der Waals surface area (Å²) >= 11 is 0. The van der Waals surface area contributed by atoms with Crippen molar-refractivity contribution in [3.05, 3.63) is 52.2 Å². The number of hydrogen-bond acceptors (Lipinski definition) is 7. The first-order chi connectivity index (χ1) is 10.5. The lowest BCUT2D eigenvalue weighted by molar-refractivity contribution is -0.384. The van der Waals surface area contributed by atoms with Crippen LogP contribution < -0.4 is 5.32 Å². The maximum atomic E-state index is 12.0. The second kappa shape index (κ2) is 5.02. The van der Waals surface area contributed by atoms with Gasteiger partial charge in [-0.25, -0.2) is 4.68 Å². The summed E-state index contributed by atoms with van der Waals surface area (Å²) in [7, 11) is 0. The van der Waals surface area contributed by atoms with Gasteiger partial charge in [0.05, 0.1) is 16.9 Å². The summed E-state index contributed by atoms with van der Waals surface area (Å²) in [6, 6.07) is 5.51. The Bertz CT molecular complexity index is 784. The van der Waals surface area contributed by atoms with Crippen LogP contribution in [0.25, 0.3) is 0 Å². The highest BCUT2D eigenvalue weighted by Crippen LogP contribution is 2.37. The highest BCUT2D eigenvalue weighted by Gasteiger charge is 2.38. The predicted octanol–water partition coefficient (Wildman–Crippen LogP) is 1.32. The number of nitrogens with zero attached hydrogens (tertiary/aromatic N) is 5. The summed E-state index contributed by atoms with van der Waals surface area (Å²) in [6.07, 6.45) is 0. The molecule has 1 aromatic heterocycles. The molecule has 0 amide bonds. The molecule has 9 heteroatoms. The smallest absolute Gasteiger partial charge is 0.269 e. The quantitative estimate of drug-likeness (QED) is 0.671. The zero-order valence-electron chi connectivity index (χ0n) is 11.6. The van der Waals surface area contributed by atoms with Gasteiger partial charge in [-0.1, -0.05) is 23.8 Å². The third kappa shape index (κ3) is 2.12. The first kappa shape index (κ1) is 13.9. The molecule has 22 heavy (non-hydrogen) atoms. The van der Waals surface area contributed by atoms with E-state index in [0.29, 0.717) is 17.2 Å². The largest absolute Gasteiger partial charge is 0.326 e. The van der Waals surface area contributed by atoms with Gasteiger partial charge in [-0.15, -0.1) is 0 Å². The minimum Gasteiger partial charge on any atom is -0.326 e. The Morgan fingerprint density at radius 2 is 2.27 bits per heavy atom. The first-order valence-electron chi connectivity index (χ1n) is 6.47. The van der Waals surface area contributed by atoms with Crippen molar-refractivity contribution in [2.45, 2.75) is 13.0 Å². The number of benzene rings is 1. The Hall–Kier alpha value is -3.10. The van der Waals surface area contributed by atoms with E-state index < -0.39 is 16.9 Å². The number of tetrazole rings is 1. The Morgan fingerprint density at radius 1 is 1.50 bits per heavy atom. The average Bonchev–Trinajstić information content (AvgIpc) is 2.93. The molecule has 2 aromatic rings. The van der Waals surface area contributed by atoms with E-state index in [4.69, 9.17) is 0 Å². The van der Waals surface area contributed by atoms with Gasteiger partial charge < -0.3 is 5.32 Å². The molecule has 1 aliphatic rings. The third-order valence-corrected chi connectivity index (χ3v) is 3.58. The Labute approximate surface area is 124 Å². The van der Waals surface area contributed by atoms with E-state index in [1.165, 1.54) is 23.7 Å². The van der Waals surface area contributed by atoms with Crippen molar-refractivity contribution in [2.75, 3.05) is 5.32 Å². The number of ketones is 1. The van der Waals surface area contributed by atoms with E-state index in [1.54, 1.807) is 12.1 Å². The van der Waals surface area contributed by atoms with Gasteiger partial charge in [0.25, 0.3) is 5.69 Å². The van der Waals surface area contributed by atoms with Crippen LogP contribution in [0.2, 0.25) is 0 Å². The van der Waals surface area contributed by atoms with E-state index >= 15 is 0 Å². The molecule has 112 valence electrons. The van der Waals surface area contributed by atoms with Crippen molar-refractivity contribution >= 4 is 17.4 Å². The van der Waals surface area contributed by atoms with Gasteiger partial charge in [-0.05, 0) is 22.9 Å². The molecule has 2 atom stereocenters. The van der Waals surface area contributed by atoms with Gasteiger partial charge in [0.2, 0.25) is 5.95 Å². The molecule has 0 saturated heterocycles. The summed E-state index contributed by atoms with van der Waals surface area (Å²) in [4.78, 5) is 22.5. The van der Waals surface area contributed by atoms with Crippen molar-refractivity contribution in [3.63, 3.8) is 0 Å². The molecule has 1 aromatic carbocycles. The number of nitrogens with one attached hydrogen (secondary N) is 1. The van der Waals surface area contributed by atoms with Crippen molar-refractivity contribution in [2.24, 2.45) is 5.92 Å². The van der Waals surface area contributed by atoms with Crippen LogP contribution in [0.15, 0.2) is 36.5 Å². The number of aromatic nitrogens is 4. The molecule has 0 saturated carbocycles. The van der Waals surface area contributed by atoms with Crippen LogP contribution in [-0.4, -0.2) is 30.9 Å². The van der Waals surface area contributed by atoms with Crippen molar-refractivity contribution < 1.29 is 9.72 Å². The van der Waals surface area contributed by atoms with Gasteiger partial charge >= 0.3 is 0 Å². The molecule has 1 aliphatic heterocycles. The number of hydrogen-bond donors (Lipinski definition) is 1. The lowest BCUT2D eigenvalue weighted by atomic mass is 9.86. The van der Waals surface area contributed by atoms with Gasteiger partial charge in [0.1, 0.15) is 5.78 Å². The van der Waals surface area contributed by atoms with Gasteiger partial charge in [0, 0.05) is 17.8 Å². The molecule has 0 bridgehead atoms. The van der Waals surface area contributed by atoms with E-state index in [9.17, 15) is 14.9 Å². The van der Waals surface area contributed by atoms with Crippen LogP contribution in [0.1, 0.15) is 18.5 Å². The minimum atomic E-state index is -0.613. The van der Waals surface area contributed by atoms with Gasteiger partial charge in [0.15, 0.2) is 0 Å². The zero-order valence-corrected chi connectivity index (χ0v) is 11.6. The number of allylic oxidation sites excluding steroid dienone is 1. The fraction of sp³-hybridized carbons (Fsp3) is 0.231. The number of anilines is 1. The molecule has 1 N–H and O–H groups in total. The molecule has 0 aliphatic carbocycles. The Balaban J connectivity index is 2.17. The zero-order chi connectivity index (χ0) is 15.9. The lowest BCUT2D eigenvalue weighted by Gasteiger charge is -2.32. The second-order valence-corrected chi connectivity index (χ2v) is 4.98. The molecule has 0 spiro atoms. The topological polar surface area (TPSA) is 116 Å². The van der Waals surface area contributed by atoms with E-state index in [0.717, 1.165) is 0 Å². The molecular formula is C13H12N6O3. The molecular weight excluding hydrogens is 288 g/mol. The van der Waals surface area contributed by atoms with Crippen molar-refractivity contribution in [1.82, 2.24) is 20.2 Å². The van der Waals surface area contributed by atoms with Crippen molar-refractivity contribution in [1.29, 1.82) is 0 Å². The van der Waals surface area contributed by atoms with Crippen LogP contribution in [-0.2, 0) is 4.79 Å². The molecule has 3 rings (SSSR count). The fourth-order valence-corrected chi connectivity index (χ4v) is 2.64. The van der Waals surface area contributed by atoms with E-state index in [-0.39, 0.29) is 11.5 Å². The number of rotatable bonds is 3. The molecule has 0 fully saturated rings.